The maximum atomic E-state index is 12.6. The van der Waals surface area contributed by atoms with Crippen LogP contribution in [0.15, 0.2) is 24.7 Å². The van der Waals surface area contributed by atoms with Gasteiger partial charge in [-0.1, -0.05) is 0 Å². The van der Waals surface area contributed by atoms with Gasteiger partial charge in [-0.25, -0.2) is 4.98 Å². The second kappa shape index (κ2) is 8.09. The summed E-state index contributed by atoms with van der Waals surface area (Å²) >= 11 is 0. The van der Waals surface area contributed by atoms with Crippen LogP contribution in [0, 0.1) is 5.92 Å². The van der Waals surface area contributed by atoms with Crippen LogP contribution in [0.1, 0.15) is 30.7 Å². The highest BCUT2D eigenvalue weighted by Gasteiger charge is 2.25. The fourth-order valence-corrected chi connectivity index (χ4v) is 3.50. The van der Waals surface area contributed by atoms with Gasteiger partial charge in [0.2, 0.25) is 5.91 Å². The van der Waals surface area contributed by atoms with Gasteiger partial charge in [-0.2, -0.15) is 5.10 Å². The van der Waals surface area contributed by atoms with Crippen molar-refractivity contribution in [1.82, 2.24) is 24.6 Å². The van der Waals surface area contributed by atoms with Crippen molar-refractivity contribution < 1.29 is 4.79 Å². The predicted octanol–water partition coefficient (Wildman–Crippen LogP) is 1.67. The minimum absolute atomic E-state index is 0.235. The van der Waals surface area contributed by atoms with Crippen LogP contribution in [0.4, 0.5) is 5.82 Å². The number of piperidine rings is 1. The molecule has 0 spiro atoms. The first-order chi connectivity index (χ1) is 12.2. The molecule has 2 aromatic heterocycles. The lowest BCUT2D eigenvalue weighted by Crippen LogP contribution is -2.40. The van der Waals surface area contributed by atoms with Gasteiger partial charge in [-0.3, -0.25) is 14.5 Å². The van der Waals surface area contributed by atoms with Gasteiger partial charge < -0.3 is 10.2 Å². The van der Waals surface area contributed by atoms with Crippen LogP contribution in [0.2, 0.25) is 0 Å². The molecule has 0 unspecified atom stereocenters. The van der Waals surface area contributed by atoms with E-state index in [1.165, 1.54) is 0 Å². The summed E-state index contributed by atoms with van der Waals surface area (Å²) in [6.45, 7) is 1.67. The topological polar surface area (TPSA) is 75.9 Å². The number of nitrogens with zero attached hydrogens (tertiary/aromatic N) is 5. The standard InChI is InChI=1S/C18H26N6O/c1-19-18-16(20-9-10-21-18)12-14-4-3-11-24(13-14)17(25)6-5-15-7-8-22-23(15)2/h7-10,14H,3-6,11-13H2,1-2H3,(H,19,21)/t14-/m0/s1. The first-order valence-electron chi connectivity index (χ1n) is 8.89. The highest BCUT2D eigenvalue weighted by Crippen LogP contribution is 2.23. The third-order valence-electron chi connectivity index (χ3n) is 4.88. The maximum Gasteiger partial charge on any atom is 0.222 e. The number of aryl methyl sites for hydroxylation is 2. The van der Waals surface area contributed by atoms with Crippen molar-refractivity contribution in [2.24, 2.45) is 13.0 Å². The average molecular weight is 342 g/mol. The van der Waals surface area contributed by atoms with E-state index in [-0.39, 0.29) is 5.91 Å². The quantitative estimate of drug-likeness (QED) is 0.864. The Balaban J connectivity index is 1.55. The smallest absolute Gasteiger partial charge is 0.222 e. The van der Waals surface area contributed by atoms with Crippen LogP contribution in [-0.2, 0) is 24.7 Å². The number of amides is 1. The van der Waals surface area contributed by atoms with E-state index in [0.717, 1.165) is 56.0 Å². The van der Waals surface area contributed by atoms with Gasteiger partial charge in [-0.05, 0) is 37.7 Å². The molecule has 1 amide bonds. The van der Waals surface area contributed by atoms with Crippen LogP contribution in [0.5, 0.6) is 0 Å². The molecule has 0 aromatic carbocycles. The highest BCUT2D eigenvalue weighted by atomic mass is 16.2. The number of likely N-dealkylation sites (tertiary alicyclic amines) is 1. The van der Waals surface area contributed by atoms with Crippen molar-refractivity contribution in [1.29, 1.82) is 0 Å². The molecule has 1 aliphatic rings. The number of carbonyl (C=O) groups excluding carboxylic acids is 1. The molecule has 3 rings (SSSR count). The molecule has 7 nitrogen and oxygen atoms in total. The molecule has 0 aliphatic carbocycles. The zero-order chi connectivity index (χ0) is 17.6. The normalized spacial score (nSPS) is 17.5. The number of anilines is 1. The number of rotatable bonds is 6. The lowest BCUT2D eigenvalue weighted by molar-refractivity contribution is -0.133. The van der Waals surface area contributed by atoms with Crippen LogP contribution >= 0.6 is 0 Å². The lowest BCUT2D eigenvalue weighted by atomic mass is 9.93. The minimum atomic E-state index is 0.235. The summed E-state index contributed by atoms with van der Waals surface area (Å²) in [4.78, 5) is 23.4. The molecule has 1 fully saturated rings. The van der Waals surface area contributed by atoms with Crippen LogP contribution in [0.25, 0.3) is 0 Å². The summed E-state index contributed by atoms with van der Waals surface area (Å²) in [5.41, 5.74) is 2.08. The van der Waals surface area contributed by atoms with E-state index in [0.29, 0.717) is 12.3 Å². The SMILES string of the molecule is CNc1nccnc1C[C@@H]1CCCN(C(=O)CCc2ccnn2C)C1. The monoisotopic (exact) mass is 342 g/mol. The lowest BCUT2D eigenvalue weighted by Gasteiger charge is -2.33. The molecule has 0 bridgehead atoms. The van der Waals surface area contributed by atoms with Gasteiger partial charge >= 0.3 is 0 Å². The predicted molar refractivity (Wildman–Crippen MR) is 96.1 cm³/mol. The molecule has 25 heavy (non-hydrogen) atoms. The van der Waals surface area contributed by atoms with Gasteiger partial charge in [0.25, 0.3) is 0 Å². The second-order valence-corrected chi connectivity index (χ2v) is 6.60. The maximum absolute atomic E-state index is 12.6. The Morgan fingerprint density at radius 1 is 1.32 bits per heavy atom. The molecular weight excluding hydrogens is 316 g/mol. The van der Waals surface area contributed by atoms with E-state index in [2.05, 4.69) is 20.4 Å². The Labute approximate surface area is 148 Å². The van der Waals surface area contributed by atoms with Crippen molar-refractivity contribution in [3.63, 3.8) is 0 Å². The number of carbonyl (C=O) groups is 1. The van der Waals surface area contributed by atoms with Gasteiger partial charge in [0.05, 0.1) is 5.69 Å². The van der Waals surface area contributed by atoms with E-state index < -0.39 is 0 Å². The highest BCUT2D eigenvalue weighted by molar-refractivity contribution is 5.76. The van der Waals surface area contributed by atoms with E-state index in [4.69, 9.17) is 0 Å². The molecular formula is C18H26N6O. The summed E-state index contributed by atoms with van der Waals surface area (Å²) in [5.74, 6) is 1.51. The van der Waals surface area contributed by atoms with E-state index in [1.54, 1.807) is 18.6 Å². The molecule has 3 heterocycles. The molecule has 0 radical (unpaired) electrons. The Bertz CT molecular complexity index is 713. The molecule has 1 saturated heterocycles. The molecule has 1 atom stereocenters. The van der Waals surface area contributed by atoms with Gasteiger partial charge in [0, 0.05) is 57.9 Å². The van der Waals surface area contributed by atoms with Crippen LogP contribution in [0.3, 0.4) is 0 Å². The summed E-state index contributed by atoms with van der Waals surface area (Å²) < 4.78 is 1.83. The fraction of sp³-hybridized carbons (Fsp3) is 0.556. The Kier molecular flexibility index (Phi) is 5.63. The number of nitrogens with one attached hydrogen (secondary N) is 1. The zero-order valence-corrected chi connectivity index (χ0v) is 15.0. The molecule has 1 N–H and O–H groups in total. The number of hydrogen-bond donors (Lipinski definition) is 1. The van der Waals surface area contributed by atoms with E-state index in [1.807, 2.05) is 29.7 Å². The molecule has 134 valence electrons. The van der Waals surface area contributed by atoms with Gasteiger partial charge in [0.15, 0.2) is 0 Å². The largest absolute Gasteiger partial charge is 0.372 e. The summed E-state index contributed by atoms with van der Waals surface area (Å²) in [7, 11) is 3.78. The molecule has 2 aromatic rings. The van der Waals surface area contributed by atoms with Crippen molar-refractivity contribution in [3.05, 3.63) is 36.0 Å². The Morgan fingerprint density at radius 2 is 2.16 bits per heavy atom. The summed E-state index contributed by atoms with van der Waals surface area (Å²) in [6, 6.07) is 1.97. The molecule has 1 aliphatic heterocycles. The second-order valence-electron chi connectivity index (χ2n) is 6.60. The molecule has 0 saturated carbocycles. The van der Waals surface area contributed by atoms with Crippen molar-refractivity contribution in [2.75, 3.05) is 25.5 Å². The summed E-state index contributed by atoms with van der Waals surface area (Å²) in [5, 5.41) is 7.25. The van der Waals surface area contributed by atoms with E-state index in [9.17, 15) is 4.79 Å². The minimum Gasteiger partial charge on any atom is -0.372 e. The van der Waals surface area contributed by atoms with Crippen molar-refractivity contribution in [3.8, 4) is 0 Å². The fourth-order valence-electron chi connectivity index (χ4n) is 3.50. The van der Waals surface area contributed by atoms with Crippen LogP contribution < -0.4 is 5.32 Å². The number of aromatic nitrogens is 4. The first kappa shape index (κ1) is 17.4. The first-order valence-corrected chi connectivity index (χ1v) is 8.89. The van der Waals surface area contributed by atoms with Crippen LogP contribution in [-0.4, -0.2) is 50.7 Å². The zero-order valence-electron chi connectivity index (χ0n) is 15.0. The average Bonchev–Trinajstić information content (AvgIpc) is 3.05. The Morgan fingerprint density at radius 3 is 2.92 bits per heavy atom. The Hall–Kier alpha value is -2.44. The molecule has 7 heteroatoms. The third-order valence-corrected chi connectivity index (χ3v) is 4.88. The van der Waals surface area contributed by atoms with Gasteiger partial charge in [-0.15, -0.1) is 0 Å². The van der Waals surface area contributed by atoms with Crippen molar-refractivity contribution >= 4 is 11.7 Å². The van der Waals surface area contributed by atoms with Gasteiger partial charge in [0.1, 0.15) is 5.82 Å². The van der Waals surface area contributed by atoms with Crippen molar-refractivity contribution in [2.45, 2.75) is 32.1 Å². The summed E-state index contributed by atoms with van der Waals surface area (Å²) in [6.07, 6.45) is 9.53. The number of hydrogen-bond acceptors (Lipinski definition) is 5. The van der Waals surface area contributed by atoms with E-state index >= 15 is 0 Å². The third kappa shape index (κ3) is 4.35.